The molecule has 0 unspecified atom stereocenters. The van der Waals surface area contributed by atoms with Gasteiger partial charge in [0.15, 0.2) is 0 Å². The van der Waals surface area contributed by atoms with Crippen molar-refractivity contribution >= 4 is 5.69 Å². The van der Waals surface area contributed by atoms with Crippen molar-refractivity contribution in [3.8, 4) is 0 Å². The van der Waals surface area contributed by atoms with Crippen LogP contribution in [0.1, 0.15) is 27.8 Å². The highest BCUT2D eigenvalue weighted by molar-refractivity contribution is 5.60. The highest BCUT2D eigenvalue weighted by Crippen LogP contribution is 2.31. The lowest BCUT2D eigenvalue weighted by molar-refractivity contribution is -0.210. The van der Waals surface area contributed by atoms with E-state index in [1.54, 1.807) is 0 Å². The molecule has 0 aromatic heterocycles. The zero-order chi connectivity index (χ0) is 10.2. The van der Waals surface area contributed by atoms with Crippen LogP contribution < -0.4 is 5.53 Å². The van der Waals surface area contributed by atoms with Crippen LogP contribution in [0.15, 0.2) is 5.11 Å². The van der Waals surface area contributed by atoms with Crippen LogP contribution in [0.3, 0.4) is 0 Å². The van der Waals surface area contributed by atoms with Gasteiger partial charge in [-0.2, -0.15) is 5.53 Å². The molecule has 70 valence electrons. The lowest BCUT2D eigenvalue weighted by Gasteiger charge is -2.13. The third-order valence-electron chi connectivity index (χ3n) is 3.09. The van der Waals surface area contributed by atoms with E-state index < -0.39 is 0 Å². The van der Waals surface area contributed by atoms with Crippen molar-refractivity contribution < 1.29 is 5.53 Å². The van der Waals surface area contributed by atoms with E-state index in [0.717, 1.165) is 5.69 Å². The second-order valence-corrected chi connectivity index (χ2v) is 3.60. The van der Waals surface area contributed by atoms with E-state index in [-0.39, 0.29) is 0 Å². The van der Waals surface area contributed by atoms with Crippen molar-refractivity contribution in [2.75, 3.05) is 0 Å². The molecular weight excluding hydrogens is 160 g/mol. The molecule has 0 saturated heterocycles. The van der Waals surface area contributed by atoms with Crippen LogP contribution in [0.4, 0.5) is 5.69 Å². The Kier molecular flexibility index (Phi) is 2.50. The molecule has 2 heteroatoms. The largest absolute Gasteiger partial charge is 0.152 e. The molecule has 0 amide bonds. The summed E-state index contributed by atoms with van der Waals surface area (Å²) in [5, 5.41) is 3.83. The summed E-state index contributed by atoms with van der Waals surface area (Å²) >= 11 is 0. The number of nitrogens with zero attached hydrogens (tertiary/aromatic N) is 1. The van der Waals surface area contributed by atoms with Crippen LogP contribution >= 0.6 is 0 Å². The summed E-state index contributed by atoms with van der Waals surface area (Å²) in [6.07, 6.45) is 0. The van der Waals surface area contributed by atoms with Gasteiger partial charge in [-0.1, -0.05) is 0 Å². The number of rotatable bonds is 1. The van der Waals surface area contributed by atoms with Gasteiger partial charge < -0.3 is 0 Å². The normalized spacial score (nSPS) is 10.2. The van der Waals surface area contributed by atoms with Gasteiger partial charge in [0.1, 0.15) is 5.69 Å². The maximum Gasteiger partial charge on any atom is 0.136 e. The van der Waals surface area contributed by atoms with Crippen LogP contribution in [0, 0.1) is 34.6 Å². The van der Waals surface area contributed by atoms with Crippen LogP contribution in [-0.4, -0.2) is 0 Å². The van der Waals surface area contributed by atoms with Gasteiger partial charge in [-0.15, -0.1) is 0 Å². The molecule has 0 aliphatic heterocycles. The van der Waals surface area contributed by atoms with Gasteiger partial charge >= 0.3 is 0 Å². The first kappa shape index (κ1) is 9.90. The molecule has 0 atom stereocenters. The fourth-order valence-electron chi connectivity index (χ4n) is 1.67. The van der Waals surface area contributed by atoms with Crippen LogP contribution in [0.5, 0.6) is 0 Å². The summed E-state index contributed by atoms with van der Waals surface area (Å²) < 4.78 is 0. The van der Waals surface area contributed by atoms with E-state index >= 15 is 0 Å². The SMILES string of the molecule is Cc1c(C)c(C)c(N=[NH2+])c(C)c1C. The third kappa shape index (κ3) is 1.37. The second kappa shape index (κ2) is 3.29. The van der Waals surface area contributed by atoms with E-state index in [2.05, 4.69) is 39.7 Å². The molecule has 13 heavy (non-hydrogen) atoms. The average Bonchev–Trinajstić information content (AvgIpc) is 2.13. The van der Waals surface area contributed by atoms with Gasteiger partial charge in [-0.25, -0.2) is 0 Å². The van der Waals surface area contributed by atoms with E-state index in [1.165, 1.54) is 27.8 Å². The summed E-state index contributed by atoms with van der Waals surface area (Å²) in [6, 6.07) is 0. The molecule has 1 aromatic rings. The predicted octanol–water partition coefficient (Wildman–Crippen LogP) is 2.07. The molecule has 0 radical (unpaired) electrons. The third-order valence-corrected chi connectivity index (χ3v) is 3.09. The summed E-state index contributed by atoms with van der Waals surface area (Å²) in [6.45, 7) is 10.5. The summed E-state index contributed by atoms with van der Waals surface area (Å²) in [4.78, 5) is 0. The number of nitrogens with two attached hydrogens (primary N) is 1. The van der Waals surface area contributed by atoms with Gasteiger partial charge in [-0.05, 0) is 67.6 Å². The number of hydrogen-bond donors (Lipinski definition) is 1. The molecule has 0 saturated carbocycles. The quantitative estimate of drug-likeness (QED) is 0.638. The van der Waals surface area contributed by atoms with Crippen molar-refractivity contribution in [1.29, 1.82) is 0 Å². The first-order valence-corrected chi connectivity index (χ1v) is 4.48. The summed E-state index contributed by atoms with van der Waals surface area (Å²) in [7, 11) is 0. The zero-order valence-corrected chi connectivity index (χ0v) is 9.02. The fourth-order valence-corrected chi connectivity index (χ4v) is 1.67. The average molecular weight is 177 g/mol. The van der Waals surface area contributed by atoms with Crippen molar-refractivity contribution in [1.82, 2.24) is 0 Å². The zero-order valence-electron chi connectivity index (χ0n) is 9.02. The molecule has 0 spiro atoms. The highest BCUT2D eigenvalue weighted by atomic mass is 15.0. The highest BCUT2D eigenvalue weighted by Gasteiger charge is 2.12. The number of hydrogen-bond acceptors (Lipinski definition) is 1. The molecule has 1 aromatic carbocycles. The Morgan fingerprint density at radius 3 is 1.31 bits per heavy atom. The van der Waals surface area contributed by atoms with Crippen molar-refractivity contribution in [2.45, 2.75) is 34.6 Å². The minimum Gasteiger partial charge on any atom is -0.152 e. The maximum atomic E-state index is 5.36. The Labute approximate surface area is 79.5 Å². The molecular formula is C11H17N2+. The number of benzene rings is 1. The lowest BCUT2D eigenvalue weighted by atomic mass is 9.93. The Balaban J connectivity index is 3.66. The standard InChI is InChI=1S/C11H16N2/c1-6-7(2)9(4)11(13-12)10(5)8(6)3/h12H,1-5H3/p+1. The van der Waals surface area contributed by atoms with Gasteiger partial charge in [-0.3, -0.25) is 0 Å². The van der Waals surface area contributed by atoms with Crippen LogP contribution in [-0.2, 0) is 0 Å². The summed E-state index contributed by atoms with van der Waals surface area (Å²) in [5.41, 5.74) is 12.7. The molecule has 0 bridgehead atoms. The molecule has 1 rings (SSSR count). The van der Waals surface area contributed by atoms with Gasteiger partial charge in [0, 0.05) is 0 Å². The van der Waals surface area contributed by atoms with E-state index in [0.29, 0.717) is 0 Å². The maximum absolute atomic E-state index is 5.36. The monoisotopic (exact) mass is 177 g/mol. The Hall–Kier alpha value is -1.18. The van der Waals surface area contributed by atoms with E-state index in [9.17, 15) is 0 Å². The van der Waals surface area contributed by atoms with Crippen LogP contribution in [0.25, 0.3) is 0 Å². The molecule has 0 heterocycles. The smallest absolute Gasteiger partial charge is 0.136 e. The Bertz CT molecular complexity index is 336. The minimum absolute atomic E-state index is 0.945. The molecule has 2 nitrogen and oxygen atoms in total. The second-order valence-electron chi connectivity index (χ2n) is 3.60. The van der Waals surface area contributed by atoms with E-state index in [4.69, 9.17) is 5.53 Å². The summed E-state index contributed by atoms with van der Waals surface area (Å²) in [5.74, 6) is 0. The minimum atomic E-state index is 0.945. The first-order valence-electron chi connectivity index (χ1n) is 4.48. The van der Waals surface area contributed by atoms with Gasteiger partial charge in [0.05, 0.1) is 0 Å². The fraction of sp³-hybridized carbons (Fsp3) is 0.455. The molecule has 2 N–H and O–H groups in total. The lowest BCUT2D eigenvalue weighted by Crippen LogP contribution is -2.22. The van der Waals surface area contributed by atoms with Crippen molar-refractivity contribution in [3.63, 3.8) is 0 Å². The Morgan fingerprint density at radius 2 is 1.00 bits per heavy atom. The van der Waals surface area contributed by atoms with Gasteiger partial charge in [0.2, 0.25) is 0 Å². The van der Waals surface area contributed by atoms with Crippen molar-refractivity contribution in [2.24, 2.45) is 5.11 Å². The molecule has 0 aliphatic rings. The van der Waals surface area contributed by atoms with E-state index in [1.807, 2.05) is 0 Å². The topological polar surface area (TPSA) is 38.0 Å². The first-order chi connectivity index (χ1) is 6.00. The van der Waals surface area contributed by atoms with Crippen LogP contribution in [0.2, 0.25) is 0 Å². The predicted molar refractivity (Wildman–Crippen MR) is 54.1 cm³/mol. The molecule has 0 fully saturated rings. The van der Waals surface area contributed by atoms with Crippen molar-refractivity contribution in [3.05, 3.63) is 27.8 Å². The molecule has 0 aliphatic carbocycles. The Morgan fingerprint density at radius 1 is 0.692 bits per heavy atom. The van der Waals surface area contributed by atoms with Gasteiger partial charge in [0.25, 0.3) is 0 Å².